The molecule has 0 aromatic heterocycles. The van der Waals surface area contributed by atoms with Crippen molar-refractivity contribution in [3.8, 4) is 0 Å². The lowest BCUT2D eigenvalue weighted by molar-refractivity contribution is -0.140. The number of rotatable bonds is 13. The first-order valence-corrected chi connectivity index (χ1v) is 16.9. The Morgan fingerprint density at radius 2 is 1.40 bits per heavy atom. The molecule has 2 atom stereocenters. The minimum atomic E-state index is -4.19. The summed E-state index contributed by atoms with van der Waals surface area (Å²) in [6.45, 7) is 4.95. The molecule has 4 aromatic carbocycles. The highest BCUT2D eigenvalue weighted by Gasteiger charge is 2.35. The number of benzene rings is 4. The number of hydrogen-bond donors (Lipinski definition) is 1. The fourth-order valence-electron chi connectivity index (χ4n) is 4.93. The van der Waals surface area contributed by atoms with Gasteiger partial charge in [0.05, 0.1) is 10.6 Å². The van der Waals surface area contributed by atoms with E-state index in [1.165, 1.54) is 17.0 Å². The zero-order valence-electron chi connectivity index (χ0n) is 25.5. The number of carbonyl (C=O) groups excluding carboxylic acids is 2. The van der Waals surface area contributed by atoms with E-state index >= 15 is 0 Å². The first-order valence-electron chi connectivity index (χ1n) is 14.7. The second-order valence-electron chi connectivity index (χ2n) is 10.9. The molecular weight excluding hydrogens is 629 g/mol. The minimum absolute atomic E-state index is 0.0390. The molecule has 1 N–H and O–H groups in total. The highest BCUT2D eigenvalue weighted by atomic mass is 35.5. The van der Waals surface area contributed by atoms with Gasteiger partial charge in [0.15, 0.2) is 0 Å². The number of halogens is 2. The van der Waals surface area contributed by atoms with Crippen molar-refractivity contribution < 1.29 is 18.0 Å². The molecule has 2 amide bonds. The van der Waals surface area contributed by atoms with E-state index in [-0.39, 0.29) is 29.8 Å². The Bertz CT molecular complexity index is 1700. The van der Waals surface area contributed by atoms with E-state index in [9.17, 15) is 18.0 Å². The third kappa shape index (κ3) is 8.45. The number of para-hydroxylation sites is 1. The molecule has 0 saturated heterocycles. The third-order valence-electron chi connectivity index (χ3n) is 7.66. The standard InChI is InChI=1S/C35H37Cl2N3O4S/c1-4-26(3)38-35(42)33(22-27-15-7-5-8-16-27)39(23-29-30(36)19-13-20-31(29)37)34(41)24-40(32-21-12-11-14-25(32)2)45(43,44)28-17-9-6-10-18-28/h5-21,26,33H,4,22-24H2,1-3H3,(H,38,42)/t26-,33-/m0/s1. The zero-order chi connectivity index (χ0) is 32.6. The first kappa shape index (κ1) is 34.0. The van der Waals surface area contributed by atoms with Crippen LogP contribution in [0.1, 0.15) is 37.0 Å². The number of anilines is 1. The van der Waals surface area contributed by atoms with Crippen molar-refractivity contribution in [2.24, 2.45) is 0 Å². The number of nitrogens with zero attached hydrogens (tertiary/aromatic N) is 2. The molecule has 0 aliphatic heterocycles. The molecule has 0 saturated carbocycles. The smallest absolute Gasteiger partial charge is 0.264 e. The van der Waals surface area contributed by atoms with Crippen molar-refractivity contribution in [3.63, 3.8) is 0 Å². The predicted octanol–water partition coefficient (Wildman–Crippen LogP) is 7.05. The van der Waals surface area contributed by atoms with E-state index in [1.54, 1.807) is 67.6 Å². The molecule has 0 heterocycles. The van der Waals surface area contributed by atoms with Crippen molar-refractivity contribution in [2.45, 2.75) is 57.1 Å². The lowest BCUT2D eigenvalue weighted by Gasteiger charge is -2.35. The van der Waals surface area contributed by atoms with Crippen LogP contribution in [0.5, 0.6) is 0 Å². The topological polar surface area (TPSA) is 86.8 Å². The van der Waals surface area contributed by atoms with Crippen LogP contribution in [-0.4, -0.2) is 43.8 Å². The lowest BCUT2D eigenvalue weighted by Crippen LogP contribution is -2.54. The Morgan fingerprint density at radius 3 is 2.00 bits per heavy atom. The number of aryl methyl sites for hydroxylation is 1. The maximum atomic E-state index is 14.6. The number of sulfonamides is 1. The Morgan fingerprint density at radius 1 is 0.822 bits per heavy atom. The summed E-state index contributed by atoms with van der Waals surface area (Å²) in [5.74, 6) is -0.952. The van der Waals surface area contributed by atoms with Crippen LogP contribution in [0.25, 0.3) is 0 Å². The number of nitrogens with one attached hydrogen (secondary N) is 1. The molecule has 0 spiro atoms. The van der Waals surface area contributed by atoms with Crippen molar-refractivity contribution in [1.29, 1.82) is 0 Å². The normalized spacial score (nSPS) is 12.6. The van der Waals surface area contributed by atoms with Gasteiger partial charge in [-0.05, 0) is 61.7 Å². The molecule has 0 bridgehead atoms. The molecule has 45 heavy (non-hydrogen) atoms. The second kappa shape index (κ2) is 15.4. The molecule has 236 valence electrons. The van der Waals surface area contributed by atoms with E-state index in [0.717, 1.165) is 9.87 Å². The van der Waals surface area contributed by atoms with Gasteiger partial charge >= 0.3 is 0 Å². The van der Waals surface area contributed by atoms with E-state index in [1.807, 2.05) is 44.2 Å². The van der Waals surface area contributed by atoms with Crippen LogP contribution in [0.4, 0.5) is 5.69 Å². The number of hydrogen-bond acceptors (Lipinski definition) is 4. The maximum absolute atomic E-state index is 14.6. The fraction of sp³-hybridized carbons (Fsp3) is 0.257. The summed E-state index contributed by atoms with van der Waals surface area (Å²) < 4.78 is 29.3. The van der Waals surface area contributed by atoms with E-state index in [4.69, 9.17) is 23.2 Å². The summed E-state index contributed by atoms with van der Waals surface area (Å²) in [6.07, 6.45) is 0.872. The summed E-state index contributed by atoms with van der Waals surface area (Å²) in [6, 6.07) is 28.2. The average molecular weight is 667 g/mol. The summed E-state index contributed by atoms with van der Waals surface area (Å²) in [5, 5.41) is 3.67. The first-order chi connectivity index (χ1) is 21.5. The van der Waals surface area contributed by atoms with Gasteiger partial charge in [-0.1, -0.05) is 103 Å². The number of carbonyl (C=O) groups is 2. The number of amides is 2. The molecule has 0 unspecified atom stereocenters. The van der Waals surface area contributed by atoms with Crippen LogP contribution in [0.15, 0.2) is 108 Å². The third-order valence-corrected chi connectivity index (χ3v) is 10.1. The lowest BCUT2D eigenvalue weighted by atomic mass is 10.0. The molecule has 4 rings (SSSR count). The molecule has 4 aromatic rings. The van der Waals surface area contributed by atoms with Gasteiger partial charge in [0.25, 0.3) is 10.0 Å². The molecule has 0 aliphatic rings. The molecule has 0 aliphatic carbocycles. The minimum Gasteiger partial charge on any atom is -0.352 e. The summed E-state index contributed by atoms with van der Waals surface area (Å²) >= 11 is 13.2. The van der Waals surface area contributed by atoms with Crippen LogP contribution < -0.4 is 9.62 Å². The average Bonchev–Trinajstić information content (AvgIpc) is 3.03. The molecular formula is C35H37Cl2N3O4S. The van der Waals surface area contributed by atoms with Gasteiger partial charge in [0, 0.05) is 34.6 Å². The Kier molecular flexibility index (Phi) is 11.7. The van der Waals surface area contributed by atoms with Gasteiger partial charge in [-0.2, -0.15) is 0 Å². The zero-order valence-corrected chi connectivity index (χ0v) is 27.8. The van der Waals surface area contributed by atoms with Gasteiger partial charge in [-0.3, -0.25) is 13.9 Å². The summed E-state index contributed by atoms with van der Waals surface area (Å²) in [4.78, 5) is 30.0. The van der Waals surface area contributed by atoms with Crippen molar-refractivity contribution >= 4 is 50.7 Å². The van der Waals surface area contributed by atoms with Crippen molar-refractivity contribution in [1.82, 2.24) is 10.2 Å². The Labute approximate surface area is 275 Å². The van der Waals surface area contributed by atoms with E-state index in [2.05, 4.69) is 5.32 Å². The van der Waals surface area contributed by atoms with Crippen LogP contribution >= 0.6 is 23.2 Å². The van der Waals surface area contributed by atoms with Gasteiger partial charge in [0.1, 0.15) is 12.6 Å². The molecule has 0 fully saturated rings. The van der Waals surface area contributed by atoms with Gasteiger partial charge < -0.3 is 10.2 Å². The van der Waals surface area contributed by atoms with Gasteiger partial charge in [-0.15, -0.1) is 0 Å². The largest absolute Gasteiger partial charge is 0.352 e. The van der Waals surface area contributed by atoms with Crippen LogP contribution in [0.3, 0.4) is 0 Å². The second-order valence-corrected chi connectivity index (χ2v) is 13.5. The quantitative estimate of drug-likeness (QED) is 0.166. The fourth-order valence-corrected chi connectivity index (χ4v) is 6.94. The summed E-state index contributed by atoms with van der Waals surface area (Å²) in [7, 11) is -4.19. The molecule has 7 nitrogen and oxygen atoms in total. The monoisotopic (exact) mass is 665 g/mol. The summed E-state index contributed by atoms with van der Waals surface area (Å²) in [5.41, 5.74) is 2.31. The van der Waals surface area contributed by atoms with E-state index in [0.29, 0.717) is 33.3 Å². The molecule has 10 heteroatoms. The van der Waals surface area contributed by atoms with Gasteiger partial charge in [0.2, 0.25) is 11.8 Å². The van der Waals surface area contributed by atoms with E-state index < -0.39 is 28.5 Å². The van der Waals surface area contributed by atoms with Crippen LogP contribution in [-0.2, 0) is 32.6 Å². The highest BCUT2D eigenvalue weighted by molar-refractivity contribution is 7.92. The van der Waals surface area contributed by atoms with Crippen molar-refractivity contribution in [3.05, 3.63) is 130 Å². The van der Waals surface area contributed by atoms with Crippen LogP contribution in [0.2, 0.25) is 10.0 Å². The molecule has 0 radical (unpaired) electrons. The van der Waals surface area contributed by atoms with Crippen LogP contribution in [0, 0.1) is 6.92 Å². The SMILES string of the molecule is CC[C@H](C)NC(=O)[C@H](Cc1ccccc1)N(Cc1c(Cl)cccc1Cl)C(=O)CN(c1ccccc1C)S(=O)(=O)c1ccccc1. The Hall–Kier alpha value is -3.85. The maximum Gasteiger partial charge on any atom is 0.264 e. The Balaban J connectivity index is 1.85. The van der Waals surface area contributed by atoms with Crippen molar-refractivity contribution in [2.75, 3.05) is 10.8 Å². The highest BCUT2D eigenvalue weighted by Crippen LogP contribution is 2.30. The predicted molar refractivity (Wildman–Crippen MR) is 181 cm³/mol. The van der Waals surface area contributed by atoms with Gasteiger partial charge in [-0.25, -0.2) is 8.42 Å².